The first-order chi connectivity index (χ1) is 13.0. The van der Waals surface area contributed by atoms with Gasteiger partial charge in [0.2, 0.25) is 0 Å². The molecule has 0 aromatic rings. The van der Waals surface area contributed by atoms with Gasteiger partial charge < -0.3 is 15.5 Å². The van der Waals surface area contributed by atoms with E-state index >= 15 is 0 Å². The van der Waals surface area contributed by atoms with Crippen LogP contribution in [-0.2, 0) is 10.0 Å². The van der Waals surface area contributed by atoms with Gasteiger partial charge in [0.15, 0.2) is 5.96 Å². The first-order valence-corrected chi connectivity index (χ1v) is 11.3. The molecule has 2 heterocycles. The predicted molar refractivity (Wildman–Crippen MR) is 104 cm³/mol. The van der Waals surface area contributed by atoms with Crippen molar-refractivity contribution in [3.8, 4) is 0 Å². The van der Waals surface area contributed by atoms with E-state index < -0.39 is 15.5 Å². The summed E-state index contributed by atoms with van der Waals surface area (Å²) in [4.78, 5) is 6.67. The normalized spacial score (nSPS) is 22.6. The molecule has 164 valence electrons. The molecular formula is C17H32F3N5O2S. The first-order valence-electron chi connectivity index (χ1n) is 9.82. The van der Waals surface area contributed by atoms with E-state index in [9.17, 15) is 21.6 Å². The maximum atomic E-state index is 12.6. The summed E-state index contributed by atoms with van der Waals surface area (Å²) in [6.45, 7) is 6.82. The maximum Gasteiger partial charge on any atom is 0.511 e. The van der Waals surface area contributed by atoms with Crippen molar-refractivity contribution in [2.24, 2.45) is 10.9 Å². The average Bonchev–Trinajstić information content (AvgIpc) is 2.65. The Morgan fingerprint density at radius 3 is 2.14 bits per heavy atom. The zero-order chi connectivity index (χ0) is 20.9. The van der Waals surface area contributed by atoms with Gasteiger partial charge >= 0.3 is 15.5 Å². The van der Waals surface area contributed by atoms with Crippen LogP contribution in [0.3, 0.4) is 0 Å². The van der Waals surface area contributed by atoms with Crippen molar-refractivity contribution >= 4 is 16.0 Å². The van der Waals surface area contributed by atoms with Crippen LogP contribution in [0.5, 0.6) is 0 Å². The number of nitrogens with zero attached hydrogens (tertiary/aromatic N) is 3. The molecule has 0 aliphatic carbocycles. The third kappa shape index (κ3) is 5.96. The van der Waals surface area contributed by atoms with E-state index in [-0.39, 0.29) is 19.0 Å². The number of halogens is 3. The second kappa shape index (κ2) is 9.62. The summed E-state index contributed by atoms with van der Waals surface area (Å²) in [5.41, 5.74) is -5.23. The minimum absolute atomic E-state index is 0.103. The van der Waals surface area contributed by atoms with Crippen LogP contribution in [0, 0.1) is 5.92 Å². The number of nitrogens with one attached hydrogen (secondary N) is 2. The quantitative estimate of drug-likeness (QED) is 0.515. The van der Waals surface area contributed by atoms with Crippen molar-refractivity contribution in [1.82, 2.24) is 19.8 Å². The molecule has 11 heteroatoms. The highest BCUT2D eigenvalue weighted by molar-refractivity contribution is 7.90. The lowest BCUT2D eigenvalue weighted by atomic mass is 9.98. The molecule has 0 amide bonds. The molecule has 2 aliphatic heterocycles. The Hall–Kier alpha value is -1.07. The molecule has 7 nitrogen and oxygen atoms in total. The summed E-state index contributed by atoms with van der Waals surface area (Å²) in [5.74, 6) is 0.800. The van der Waals surface area contributed by atoms with Crippen molar-refractivity contribution < 1.29 is 21.6 Å². The zero-order valence-electron chi connectivity index (χ0n) is 16.8. The highest BCUT2D eigenvalue weighted by Gasteiger charge is 2.50. The van der Waals surface area contributed by atoms with E-state index in [0.29, 0.717) is 41.7 Å². The second-order valence-electron chi connectivity index (χ2n) is 7.79. The molecule has 0 radical (unpaired) electrons. The Morgan fingerprint density at radius 2 is 1.68 bits per heavy atom. The number of hydrogen-bond acceptors (Lipinski definition) is 4. The molecule has 0 saturated carbocycles. The van der Waals surface area contributed by atoms with Gasteiger partial charge in [-0.25, -0.2) is 8.42 Å². The third-order valence-electron chi connectivity index (χ3n) is 5.59. The van der Waals surface area contributed by atoms with E-state index in [4.69, 9.17) is 0 Å². The molecule has 0 atom stereocenters. The minimum Gasteiger partial charge on any atom is -0.356 e. The topological polar surface area (TPSA) is 77.0 Å². The highest BCUT2D eigenvalue weighted by Crippen LogP contribution is 2.30. The van der Waals surface area contributed by atoms with Crippen LogP contribution < -0.4 is 10.6 Å². The van der Waals surface area contributed by atoms with Crippen LogP contribution in [0.1, 0.15) is 39.5 Å². The third-order valence-corrected chi connectivity index (χ3v) is 7.22. The summed E-state index contributed by atoms with van der Waals surface area (Å²) < 4.78 is 61.4. The molecule has 2 rings (SSSR count). The van der Waals surface area contributed by atoms with Crippen LogP contribution in [-0.4, -0.2) is 80.9 Å². The molecule has 0 aromatic heterocycles. The molecule has 2 aliphatic rings. The monoisotopic (exact) mass is 427 g/mol. The van der Waals surface area contributed by atoms with Crippen molar-refractivity contribution in [2.75, 3.05) is 39.8 Å². The molecule has 0 bridgehead atoms. The van der Waals surface area contributed by atoms with Crippen molar-refractivity contribution in [2.45, 2.75) is 57.1 Å². The molecule has 2 N–H and O–H groups in total. The van der Waals surface area contributed by atoms with Gasteiger partial charge in [-0.2, -0.15) is 17.5 Å². The van der Waals surface area contributed by atoms with Crippen LogP contribution >= 0.6 is 0 Å². The van der Waals surface area contributed by atoms with Crippen LogP contribution in [0.15, 0.2) is 4.99 Å². The SMILES string of the molecule is CN=C(NCC1CCN(S(=O)(=O)C(F)(F)F)CC1)NC1CCN(C(C)C)CC1. The number of rotatable bonds is 5. The van der Waals surface area contributed by atoms with E-state index in [1.165, 1.54) is 0 Å². The minimum atomic E-state index is -5.23. The Morgan fingerprint density at radius 1 is 1.11 bits per heavy atom. The van der Waals surface area contributed by atoms with Crippen LogP contribution in [0.25, 0.3) is 0 Å². The summed E-state index contributed by atoms with van der Waals surface area (Å²) in [6.07, 6.45) is 2.86. The average molecular weight is 428 g/mol. The summed E-state index contributed by atoms with van der Waals surface area (Å²) in [6, 6.07) is 0.894. The lowest BCUT2D eigenvalue weighted by Crippen LogP contribution is -2.51. The molecule has 0 unspecified atom stereocenters. The zero-order valence-corrected chi connectivity index (χ0v) is 17.6. The van der Waals surface area contributed by atoms with Gasteiger partial charge in [-0.1, -0.05) is 0 Å². The fourth-order valence-corrected chi connectivity index (χ4v) is 4.67. The van der Waals surface area contributed by atoms with Gasteiger partial charge in [0.05, 0.1) is 0 Å². The van der Waals surface area contributed by atoms with Gasteiger partial charge in [-0.3, -0.25) is 4.99 Å². The van der Waals surface area contributed by atoms with Crippen LogP contribution in [0.4, 0.5) is 13.2 Å². The highest BCUT2D eigenvalue weighted by atomic mass is 32.2. The number of alkyl halides is 3. The molecule has 28 heavy (non-hydrogen) atoms. The second-order valence-corrected chi connectivity index (χ2v) is 9.72. The van der Waals surface area contributed by atoms with Crippen molar-refractivity contribution in [1.29, 1.82) is 0 Å². The van der Waals surface area contributed by atoms with E-state index in [0.717, 1.165) is 25.9 Å². The Bertz CT molecular complexity index is 623. The Kier molecular flexibility index (Phi) is 7.97. The molecule has 0 aromatic carbocycles. The largest absolute Gasteiger partial charge is 0.511 e. The molecular weight excluding hydrogens is 395 g/mol. The molecule has 2 saturated heterocycles. The fraction of sp³-hybridized carbons (Fsp3) is 0.941. The number of piperidine rings is 2. The molecule has 0 spiro atoms. The van der Waals surface area contributed by atoms with E-state index in [1.807, 2.05) is 0 Å². The first kappa shape index (κ1) is 23.2. The standard InChI is InChI=1S/C17H32F3N5O2S/c1-13(2)24-8-6-15(7-9-24)23-16(21-3)22-12-14-4-10-25(11-5-14)28(26,27)17(18,19)20/h13-15H,4-12H2,1-3H3,(H2,21,22,23). The van der Waals surface area contributed by atoms with Gasteiger partial charge in [-0.15, -0.1) is 0 Å². The predicted octanol–water partition coefficient (Wildman–Crippen LogP) is 1.59. The van der Waals surface area contributed by atoms with Gasteiger partial charge in [0, 0.05) is 51.9 Å². The lowest BCUT2D eigenvalue weighted by Gasteiger charge is -2.35. The number of hydrogen-bond donors (Lipinski definition) is 2. The van der Waals surface area contributed by atoms with Crippen molar-refractivity contribution in [3.05, 3.63) is 0 Å². The summed E-state index contributed by atoms with van der Waals surface area (Å²) in [5, 5.41) is 6.65. The molecule has 2 fully saturated rings. The number of aliphatic imine (C=N–C) groups is 1. The summed E-state index contributed by atoms with van der Waals surface area (Å²) >= 11 is 0. The summed E-state index contributed by atoms with van der Waals surface area (Å²) in [7, 11) is -3.52. The number of sulfonamides is 1. The number of likely N-dealkylation sites (tertiary alicyclic amines) is 1. The van der Waals surface area contributed by atoms with Gasteiger partial charge in [0.1, 0.15) is 0 Å². The van der Waals surface area contributed by atoms with E-state index in [2.05, 4.69) is 34.4 Å². The fourth-order valence-electron chi connectivity index (χ4n) is 3.69. The Labute approximate surface area is 165 Å². The van der Waals surface area contributed by atoms with Crippen molar-refractivity contribution in [3.63, 3.8) is 0 Å². The van der Waals surface area contributed by atoms with E-state index in [1.54, 1.807) is 7.05 Å². The smallest absolute Gasteiger partial charge is 0.356 e. The van der Waals surface area contributed by atoms with Gasteiger partial charge in [0.25, 0.3) is 0 Å². The Balaban J connectivity index is 1.74. The lowest BCUT2D eigenvalue weighted by molar-refractivity contribution is -0.0496. The van der Waals surface area contributed by atoms with Gasteiger partial charge in [-0.05, 0) is 45.4 Å². The maximum absolute atomic E-state index is 12.6. The van der Waals surface area contributed by atoms with Crippen LogP contribution in [0.2, 0.25) is 0 Å². The number of guanidine groups is 1.